The summed E-state index contributed by atoms with van der Waals surface area (Å²) < 4.78 is 35.3. The van der Waals surface area contributed by atoms with Gasteiger partial charge < -0.3 is 15.4 Å². The molecule has 0 aliphatic carbocycles. The third-order valence-electron chi connectivity index (χ3n) is 5.61. The summed E-state index contributed by atoms with van der Waals surface area (Å²) in [6.07, 6.45) is 7.04. The molecular formula is C22H29N7O3S. The molecule has 33 heavy (non-hydrogen) atoms. The summed E-state index contributed by atoms with van der Waals surface area (Å²) in [4.78, 5) is 11.2. The molecule has 1 aliphatic heterocycles. The number of aromatic nitrogens is 4. The summed E-state index contributed by atoms with van der Waals surface area (Å²) in [6, 6.07) is 5.35. The minimum Gasteiger partial charge on any atom is -0.433 e. The van der Waals surface area contributed by atoms with Gasteiger partial charge in [0.05, 0.1) is 35.2 Å². The summed E-state index contributed by atoms with van der Waals surface area (Å²) in [5, 5.41) is 4.45. The Morgan fingerprint density at radius 3 is 2.70 bits per heavy atom. The van der Waals surface area contributed by atoms with Gasteiger partial charge in [-0.05, 0) is 63.7 Å². The minimum atomic E-state index is -3.61. The number of sulfonamides is 1. The standard InChI is InChI=1S/C22H29N7O3S/c1-4-26-33(30,31)19-10-15(2)9-16(11-19)20-13-24-21(23)22(27-20)32-18-12-25-29(14-18)17-5-7-28(3)8-6-17/h9-14,17,26H,4-8H2,1-3H3,(H2,23,24). The molecule has 176 valence electrons. The zero-order chi connectivity index (χ0) is 23.6. The lowest BCUT2D eigenvalue weighted by Crippen LogP contribution is -2.31. The third-order valence-corrected chi connectivity index (χ3v) is 7.14. The average molecular weight is 472 g/mol. The Hall–Kier alpha value is -3.02. The number of ether oxygens (including phenoxy) is 1. The molecule has 11 heteroatoms. The van der Waals surface area contributed by atoms with E-state index in [0.29, 0.717) is 29.6 Å². The number of likely N-dealkylation sites (tertiary alicyclic amines) is 1. The van der Waals surface area contributed by atoms with Crippen LogP contribution in [-0.2, 0) is 10.0 Å². The van der Waals surface area contributed by atoms with Crippen molar-refractivity contribution in [3.05, 3.63) is 42.4 Å². The quantitative estimate of drug-likeness (QED) is 0.538. The molecule has 1 saturated heterocycles. The number of nitrogens with two attached hydrogens (primary N) is 1. The SMILES string of the molecule is CCNS(=O)(=O)c1cc(C)cc(-c2cnc(N)c(Oc3cnn(C4CCN(C)CC4)c3)n2)c1. The maximum atomic E-state index is 12.5. The molecule has 3 N–H and O–H groups in total. The van der Waals surface area contributed by atoms with Crippen LogP contribution in [0.2, 0.25) is 0 Å². The number of aryl methyl sites for hydroxylation is 1. The molecule has 0 atom stereocenters. The van der Waals surface area contributed by atoms with E-state index in [0.717, 1.165) is 31.5 Å². The van der Waals surface area contributed by atoms with Crippen LogP contribution in [0.25, 0.3) is 11.3 Å². The van der Waals surface area contributed by atoms with Crippen molar-refractivity contribution in [2.75, 3.05) is 32.4 Å². The topological polar surface area (TPSA) is 128 Å². The number of piperidine rings is 1. The Labute approximate surface area is 193 Å². The van der Waals surface area contributed by atoms with E-state index in [9.17, 15) is 8.42 Å². The van der Waals surface area contributed by atoms with Crippen molar-refractivity contribution >= 4 is 15.8 Å². The molecule has 0 bridgehead atoms. The van der Waals surface area contributed by atoms with Gasteiger partial charge in [-0.15, -0.1) is 0 Å². The molecule has 0 unspecified atom stereocenters. The van der Waals surface area contributed by atoms with Crippen molar-refractivity contribution in [1.82, 2.24) is 29.4 Å². The van der Waals surface area contributed by atoms with Crippen LogP contribution >= 0.6 is 0 Å². The van der Waals surface area contributed by atoms with Gasteiger partial charge in [-0.1, -0.05) is 6.92 Å². The molecule has 1 aromatic carbocycles. The Bertz CT molecular complexity index is 1230. The van der Waals surface area contributed by atoms with Crippen LogP contribution in [0.15, 0.2) is 41.7 Å². The highest BCUT2D eigenvalue weighted by atomic mass is 32.2. The summed E-state index contributed by atoms with van der Waals surface area (Å²) >= 11 is 0. The number of hydrogen-bond donors (Lipinski definition) is 2. The molecule has 1 fully saturated rings. The lowest BCUT2D eigenvalue weighted by molar-refractivity contribution is 0.212. The molecular weight excluding hydrogens is 442 g/mol. The number of rotatable bonds is 7. The van der Waals surface area contributed by atoms with Gasteiger partial charge in [0.15, 0.2) is 11.6 Å². The number of nitrogen functional groups attached to an aromatic ring is 1. The fourth-order valence-corrected chi connectivity index (χ4v) is 5.03. The van der Waals surface area contributed by atoms with Crippen LogP contribution in [-0.4, -0.2) is 59.7 Å². The predicted molar refractivity (Wildman–Crippen MR) is 126 cm³/mol. The van der Waals surface area contributed by atoms with Gasteiger partial charge in [0, 0.05) is 12.1 Å². The van der Waals surface area contributed by atoms with E-state index in [2.05, 4.69) is 31.7 Å². The molecule has 2 aromatic heterocycles. The van der Waals surface area contributed by atoms with Crippen molar-refractivity contribution in [3.63, 3.8) is 0 Å². The lowest BCUT2D eigenvalue weighted by Gasteiger charge is -2.28. The van der Waals surface area contributed by atoms with Gasteiger partial charge >= 0.3 is 0 Å². The van der Waals surface area contributed by atoms with Crippen LogP contribution in [0, 0.1) is 6.92 Å². The van der Waals surface area contributed by atoms with Crippen molar-refractivity contribution < 1.29 is 13.2 Å². The summed E-state index contributed by atoms with van der Waals surface area (Å²) in [5.74, 6) is 0.804. The summed E-state index contributed by atoms with van der Waals surface area (Å²) in [7, 11) is -1.49. The molecule has 4 rings (SSSR count). The second-order valence-corrected chi connectivity index (χ2v) is 10.0. The number of nitrogens with one attached hydrogen (secondary N) is 1. The second kappa shape index (κ2) is 9.46. The molecule has 0 spiro atoms. The number of benzene rings is 1. The molecule has 0 amide bonds. The first kappa shape index (κ1) is 23.1. The van der Waals surface area contributed by atoms with Gasteiger partial charge in [-0.2, -0.15) is 5.10 Å². The zero-order valence-electron chi connectivity index (χ0n) is 19.0. The van der Waals surface area contributed by atoms with Crippen LogP contribution < -0.4 is 15.2 Å². The largest absolute Gasteiger partial charge is 0.433 e. The van der Waals surface area contributed by atoms with E-state index in [1.165, 1.54) is 6.20 Å². The van der Waals surface area contributed by atoms with Crippen LogP contribution in [0.1, 0.15) is 31.4 Å². The van der Waals surface area contributed by atoms with Gasteiger partial charge in [0.2, 0.25) is 10.0 Å². The highest BCUT2D eigenvalue weighted by Crippen LogP contribution is 2.30. The van der Waals surface area contributed by atoms with E-state index in [1.807, 2.05) is 23.9 Å². The van der Waals surface area contributed by atoms with E-state index in [4.69, 9.17) is 10.5 Å². The molecule has 3 heterocycles. The second-order valence-electron chi connectivity index (χ2n) is 8.27. The van der Waals surface area contributed by atoms with Gasteiger partial charge in [-0.3, -0.25) is 4.68 Å². The minimum absolute atomic E-state index is 0.138. The molecule has 0 saturated carbocycles. The normalized spacial score (nSPS) is 15.6. The van der Waals surface area contributed by atoms with Gasteiger partial charge in [0.25, 0.3) is 5.88 Å². The predicted octanol–water partition coefficient (Wildman–Crippen LogP) is 2.59. The lowest BCUT2D eigenvalue weighted by atomic mass is 10.1. The molecule has 1 aliphatic rings. The van der Waals surface area contributed by atoms with E-state index in [1.54, 1.807) is 25.3 Å². The number of nitrogens with zero attached hydrogens (tertiary/aromatic N) is 5. The first-order valence-electron chi connectivity index (χ1n) is 10.9. The highest BCUT2D eigenvalue weighted by molar-refractivity contribution is 7.89. The van der Waals surface area contributed by atoms with Gasteiger partial charge in [0.1, 0.15) is 0 Å². The van der Waals surface area contributed by atoms with E-state index >= 15 is 0 Å². The van der Waals surface area contributed by atoms with E-state index < -0.39 is 10.0 Å². The van der Waals surface area contributed by atoms with Crippen LogP contribution in [0.3, 0.4) is 0 Å². The summed E-state index contributed by atoms with van der Waals surface area (Å²) in [5.41, 5.74) is 7.85. The molecule has 3 aromatic rings. The van der Waals surface area contributed by atoms with Crippen LogP contribution in [0.4, 0.5) is 5.82 Å². The number of hydrogen-bond acceptors (Lipinski definition) is 8. The van der Waals surface area contributed by atoms with Crippen molar-refractivity contribution in [3.8, 4) is 22.9 Å². The third kappa shape index (κ3) is 5.32. The Morgan fingerprint density at radius 1 is 1.21 bits per heavy atom. The highest BCUT2D eigenvalue weighted by Gasteiger charge is 2.20. The average Bonchev–Trinajstić information content (AvgIpc) is 3.24. The van der Waals surface area contributed by atoms with Crippen molar-refractivity contribution in [2.45, 2.75) is 37.6 Å². The zero-order valence-corrected chi connectivity index (χ0v) is 19.8. The number of anilines is 1. The first-order valence-corrected chi connectivity index (χ1v) is 12.4. The monoisotopic (exact) mass is 471 g/mol. The first-order chi connectivity index (χ1) is 15.7. The fraction of sp³-hybridized carbons (Fsp3) is 0.409. The molecule has 10 nitrogen and oxygen atoms in total. The Morgan fingerprint density at radius 2 is 1.97 bits per heavy atom. The molecule has 0 radical (unpaired) electrons. The van der Waals surface area contributed by atoms with Crippen molar-refractivity contribution in [2.24, 2.45) is 0 Å². The smallest absolute Gasteiger partial charge is 0.263 e. The maximum Gasteiger partial charge on any atom is 0.263 e. The van der Waals surface area contributed by atoms with Crippen LogP contribution in [0.5, 0.6) is 11.6 Å². The van der Waals surface area contributed by atoms with E-state index in [-0.39, 0.29) is 16.6 Å². The van der Waals surface area contributed by atoms with Crippen molar-refractivity contribution in [1.29, 1.82) is 0 Å². The van der Waals surface area contributed by atoms with Gasteiger partial charge in [-0.25, -0.2) is 23.1 Å². The summed E-state index contributed by atoms with van der Waals surface area (Å²) in [6.45, 7) is 5.93. The maximum absolute atomic E-state index is 12.5. The Balaban J connectivity index is 1.59. The fourth-order valence-electron chi connectivity index (χ4n) is 3.86. The Kier molecular flexibility index (Phi) is 6.63.